The summed E-state index contributed by atoms with van der Waals surface area (Å²) in [5.74, 6) is 0.593. The first-order valence-corrected chi connectivity index (χ1v) is 15.2. The van der Waals surface area contributed by atoms with Gasteiger partial charge in [-0.3, -0.25) is 9.59 Å². The Kier molecular flexibility index (Phi) is 9.85. The minimum absolute atomic E-state index is 0.297. The van der Waals surface area contributed by atoms with Gasteiger partial charge in [0.15, 0.2) is 0 Å². The number of amides is 2. The van der Waals surface area contributed by atoms with Crippen LogP contribution in [-0.4, -0.2) is 48.4 Å². The number of carbonyl (C=O) groups excluding carboxylic acids is 3. The maximum atomic E-state index is 13.7. The van der Waals surface area contributed by atoms with Crippen LogP contribution in [0.4, 0.5) is 10.5 Å². The summed E-state index contributed by atoms with van der Waals surface area (Å²) in [5.41, 5.74) is 2.47. The number of carbonyl (C=O) groups is 3. The van der Waals surface area contributed by atoms with Gasteiger partial charge in [0.25, 0.3) is 0 Å². The fraction of sp³-hybridized carbons (Fsp3) is 0.559. The van der Waals surface area contributed by atoms with Gasteiger partial charge in [-0.1, -0.05) is 37.5 Å². The lowest BCUT2D eigenvalue weighted by Gasteiger charge is -2.27. The first-order chi connectivity index (χ1) is 19.8. The first-order valence-electron chi connectivity index (χ1n) is 15.2. The van der Waals surface area contributed by atoms with E-state index in [1.165, 1.54) is 32.1 Å². The number of nitrogens with zero attached hydrogens (tertiary/aromatic N) is 1. The van der Waals surface area contributed by atoms with Crippen molar-refractivity contribution in [2.45, 2.75) is 104 Å². The van der Waals surface area contributed by atoms with Gasteiger partial charge < -0.3 is 24.4 Å². The molecule has 8 nitrogen and oxygen atoms in total. The zero-order valence-electron chi connectivity index (χ0n) is 26.0. The molecule has 0 radical (unpaired) electrons. The monoisotopic (exact) mass is 578 g/mol. The van der Waals surface area contributed by atoms with Crippen molar-refractivity contribution in [3.05, 3.63) is 48.0 Å². The van der Waals surface area contributed by atoms with Gasteiger partial charge in [-0.05, 0) is 108 Å². The molecule has 1 fully saturated rings. The van der Waals surface area contributed by atoms with Crippen molar-refractivity contribution < 1.29 is 28.6 Å². The summed E-state index contributed by atoms with van der Waals surface area (Å²) in [5, 5.41) is 2.61. The molecule has 1 heterocycles. The van der Waals surface area contributed by atoms with Crippen molar-refractivity contribution >= 4 is 23.7 Å². The van der Waals surface area contributed by atoms with E-state index in [1.807, 2.05) is 24.3 Å². The highest BCUT2D eigenvalue weighted by molar-refractivity contribution is 6.02. The van der Waals surface area contributed by atoms with Gasteiger partial charge in [-0.25, -0.2) is 4.79 Å². The summed E-state index contributed by atoms with van der Waals surface area (Å²) in [6, 6.07) is 13.1. The van der Waals surface area contributed by atoms with E-state index in [1.54, 1.807) is 46.4 Å². The van der Waals surface area contributed by atoms with Crippen LogP contribution in [0.25, 0.3) is 11.1 Å². The van der Waals surface area contributed by atoms with E-state index < -0.39 is 29.3 Å². The average Bonchev–Trinajstić information content (AvgIpc) is 3.33. The minimum atomic E-state index is -1.12. The maximum Gasteiger partial charge on any atom is 0.408 e. The number of esters is 1. The second kappa shape index (κ2) is 13.2. The maximum absolute atomic E-state index is 13.7. The molecule has 42 heavy (non-hydrogen) atoms. The molecular formula is C34H46N2O6. The van der Waals surface area contributed by atoms with Crippen LogP contribution >= 0.6 is 0 Å². The second-order valence-electron chi connectivity index (χ2n) is 13.4. The van der Waals surface area contributed by atoms with Crippen molar-refractivity contribution in [2.75, 3.05) is 18.1 Å². The van der Waals surface area contributed by atoms with Gasteiger partial charge >= 0.3 is 12.1 Å². The summed E-state index contributed by atoms with van der Waals surface area (Å²) >= 11 is 0. The molecule has 1 aliphatic carbocycles. The Balaban J connectivity index is 1.45. The summed E-state index contributed by atoms with van der Waals surface area (Å²) in [7, 11) is 0. The normalized spacial score (nSPS) is 16.4. The predicted octanol–water partition coefficient (Wildman–Crippen LogP) is 6.83. The third kappa shape index (κ3) is 8.97. The molecular weight excluding hydrogens is 532 g/mol. The zero-order chi connectivity index (χ0) is 30.5. The lowest BCUT2D eigenvalue weighted by molar-refractivity contribution is -0.156. The topological polar surface area (TPSA) is 94.2 Å². The summed E-state index contributed by atoms with van der Waals surface area (Å²) in [4.78, 5) is 40.6. The van der Waals surface area contributed by atoms with E-state index in [-0.39, 0.29) is 12.3 Å². The van der Waals surface area contributed by atoms with Gasteiger partial charge in [0, 0.05) is 12.2 Å². The second-order valence-corrected chi connectivity index (χ2v) is 13.4. The highest BCUT2D eigenvalue weighted by Gasteiger charge is 2.35. The standard InChI is InChI=1S/C34H46N2O6/c1-33(2,3)41-30(37)21-28(35-32(39)42-34(4,5)6)31(38)36-19-18-26-20-25(14-17-29(26)36)24-12-15-27(16-13-24)40-22-23-10-8-7-9-11-23/h12-17,20,23,28H,7-11,18-19,21-22H2,1-6H3,(H,35,39)/t28-/m1/s1. The van der Waals surface area contributed by atoms with Crippen molar-refractivity contribution in [1.82, 2.24) is 5.32 Å². The molecule has 1 aliphatic heterocycles. The highest BCUT2D eigenvalue weighted by Crippen LogP contribution is 2.34. The van der Waals surface area contributed by atoms with Crippen LogP contribution < -0.4 is 15.0 Å². The number of rotatable bonds is 8. The Morgan fingerprint density at radius 1 is 0.881 bits per heavy atom. The Labute approximate surface area is 250 Å². The van der Waals surface area contributed by atoms with Gasteiger partial charge in [0.05, 0.1) is 13.0 Å². The summed E-state index contributed by atoms with van der Waals surface area (Å²) < 4.78 is 16.9. The van der Waals surface area contributed by atoms with Crippen LogP contribution in [0.1, 0.15) is 85.6 Å². The van der Waals surface area contributed by atoms with Gasteiger partial charge in [-0.2, -0.15) is 0 Å². The van der Waals surface area contributed by atoms with E-state index >= 15 is 0 Å². The third-order valence-electron chi connectivity index (χ3n) is 7.42. The molecule has 8 heteroatoms. The Hall–Kier alpha value is -3.55. The number of ether oxygens (including phenoxy) is 3. The fourth-order valence-electron chi connectivity index (χ4n) is 5.51. The van der Waals surface area contributed by atoms with E-state index in [2.05, 4.69) is 23.5 Å². The number of hydrogen-bond acceptors (Lipinski definition) is 6. The van der Waals surface area contributed by atoms with Crippen molar-refractivity contribution in [2.24, 2.45) is 5.92 Å². The third-order valence-corrected chi connectivity index (χ3v) is 7.42. The summed E-state index contributed by atoms with van der Waals surface area (Å²) in [6.45, 7) is 11.7. The SMILES string of the molecule is CC(C)(C)OC(=O)C[C@@H](NC(=O)OC(C)(C)C)C(=O)N1CCc2cc(-c3ccc(OCC4CCCCC4)cc3)ccc21. The molecule has 2 amide bonds. The molecule has 228 valence electrons. The van der Waals surface area contributed by atoms with Crippen LogP contribution in [-0.2, 0) is 25.5 Å². The smallest absolute Gasteiger partial charge is 0.408 e. The van der Waals surface area contributed by atoms with Gasteiger partial charge in [0.1, 0.15) is 23.0 Å². The molecule has 2 aliphatic rings. The first kappa shape index (κ1) is 31.4. The number of benzene rings is 2. The van der Waals surface area contributed by atoms with E-state index in [0.29, 0.717) is 18.9 Å². The van der Waals surface area contributed by atoms with Crippen LogP contribution in [0.15, 0.2) is 42.5 Å². The van der Waals surface area contributed by atoms with Crippen molar-refractivity contribution in [1.29, 1.82) is 0 Å². The number of alkyl carbamates (subject to hydrolysis) is 1. The number of fused-ring (bicyclic) bond motifs is 1. The number of hydrogen-bond donors (Lipinski definition) is 1. The van der Waals surface area contributed by atoms with Crippen LogP contribution in [0, 0.1) is 5.92 Å². The number of nitrogens with one attached hydrogen (secondary N) is 1. The average molecular weight is 579 g/mol. The van der Waals surface area contributed by atoms with E-state index in [9.17, 15) is 14.4 Å². The molecule has 4 rings (SSSR count). The quantitative estimate of drug-likeness (QED) is 0.345. The Morgan fingerprint density at radius 3 is 2.17 bits per heavy atom. The molecule has 0 unspecified atom stereocenters. The minimum Gasteiger partial charge on any atom is -0.493 e. The zero-order valence-corrected chi connectivity index (χ0v) is 26.0. The Bertz CT molecular complexity index is 1220. The molecule has 0 spiro atoms. The predicted molar refractivity (Wildman–Crippen MR) is 164 cm³/mol. The Morgan fingerprint density at radius 2 is 1.52 bits per heavy atom. The van der Waals surface area contributed by atoms with Crippen molar-refractivity contribution in [3.63, 3.8) is 0 Å². The van der Waals surface area contributed by atoms with Crippen LogP contribution in [0.5, 0.6) is 5.75 Å². The molecule has 0 aromatic heterocycles. The lowest BCUT2D eigenvalue weighted by atomic mass is 9.90. The molecule has 0 bridgehead atoms. The molecule has 2 aromatic rings. The summed E-state index contributed by atoms with van der Waals surface area (Å²) in [6.07, 6.45) is 6.07. The molecule has 1 saturated carbocycles. The number of anilines is 1. The molecule has 2 aromatic carbocycles. The molecule has 1 N–H and O–H groups in total. The highest BCUT2D eigenvalue weighted by atomic mass is 16.6. The molecule has 1 atom stereocenters. The fourth-order valence-corrected chi connectivity index (χ4v) is 5.51. The van der Waals surface area contributed by atoms with Gasteiger partial charge in [0.2, 0.25) is 5.91 Å². The largest absolute Gasteiger partial charge is 0.493 e. The van der Waals surface area contributed by atoms with E-state index in [0.717, 1.165) is 34.7 Å². The van der Waals surface area contributed by atoms with E-state index in [4.69, 9.17) is 14.2 Å². The van der Waals surface area contributed by atoms with Gasteiger partial charge in [-0.15, -0.1) is 0 Å². The van der Waals surface area contributed by atoms with Crippen LogP contribution in [0.3, 0.4) is 0 Å². The van der Waals surface area contributed by atoms with Crippen molar-refractivity contribution in [3.8, 4) is 16.9 Å². The lowest BCUT2D eigenvalue weighted by Crippen LogP contribution is -2.50. The molecule has 0 saturated heterocycles. The van der Waals surface area contributed by atoms with Crippen LogP contribution in [0.2, 0.25) is 0 Å².